The fourth-order valence-corrected chi connectivity index (χ4v) is 3.28. The van der Waals surface area contributed by atoms with Gasteiger partial charge in [-0.15, -0.1) is 6.58 Å². The molecule has 1 aromatic carbocycles. The summed E-state index contributed by atoms with van der Waals surface area (Å²) in [5.74, 6) is 0.0474. The smallest absolute Gasteiger partial charge is 0.222 e. The summed E-state index contributed by atoms with van der Waals surface area (Å²) in [5, 5.41) is 2.96. The molecule has 4 heteroatoms. The zero-order valence-electron chi connectivity index (χ0n) is 13.4. The zero-order chi connectivity index (χ0) is 15.7. The molecule has 1 unspecified atom stereocenters. The first-order valence-corrected chi connectivity index (χ1v) is 10.9. The van der Waals surface area contributed by atoms with Crippen LogP contribution in [-0.2, 0) is 15.8 Å². The van der Waals surface area contributed by atoms with Gasteiger partial charge >= 0.3 is 0 Å². The van der Waals surface area contributed by atoms with Crippen LogP contribution in [0.25, 0.3) is 0 Å². The van der Waals surface area contributed by atoms with Crippen LogP contribution < -0.4 is 5.32 Å². The van der Waals surface area contributed by atoms with Crippen molar-refractivity contribution in [1.29, 1.82) is 0 Å². The van der Waals surface area contributed by atoms with Gasteiger partial charge in [-0.25, -0.2) is 0 Å². The Kier molecular flexibility index (Phi) is 7.40. The number of hydrogen-bond donors (Lipinski definition) is 1. The average Bonchev–Trinajstić information content (AvgIpc) is 2.42. The van der Waals surface area contributed by atoms with E-state index in [1.165, 1.54) is 0 Å². The second-order valence-corrected chi connectivity index (χ2v) is 10.6. The molecule has 0 fully saturated rings. The van der Waals surface area contributed by atoms with Crippen LogP contribution in [0.5, 0.6) is 0 Å². The van der Waals surface area contributed by atoms with Gasteiger partial charge in [0.15, 0.2) is 8.32 Å². The molecule has 0 radical (unpaired) electrons. The molecule has 3 nitrogen and oxygen atoms in total. The monoisotopic (exact) mass is 305 g/mol. The Morgan fingerprint density at radius 2 is 2.00 bits per heavy atom. The Bertz CT molecular complexity index is 440. The molecule has 0 saturated heterocycles. The first kappa shape index (κ1) is 17.7. The fourth-order valence-electron chi connectivity index (χ4n) is 2.08. The minimum atomic E-state index is -1.64. The molecule has 0 aliphatic carbocycles. The summed E-state index contributed by atoms with van der Waals surface area (Å²) in [6.07, 6.45) is 4.02. The first-order valence-electron chi connectivity index (χ1n) is 7.50. The van der Waals surface area contributed by atoms with Crippen molar-refractivity contribution in [3.8, 4) is 0 Å². The van der Waals surface area contributed by atoms with Crippen LogP contribution in [0, 0.1) is 0 Å². The van der Waals surface area contributed by atoms with E-state index in [0.717, 1.165) is 18.4 Å². The summed E-state index contributed by atoms with van der Waals surface area (Å²) in [5.41, 5.74) is 1.11. The normalized spacial score (nSPS) is 12.7. The fraction of sp³-hybridized carbons (Fsp3) is 0.471. The predicted molar refractivity (Wildman–Crippen MR) is 90.6 cm³/mol. The van der Waals surface area contributed by atoms with Gasteiger partial charge in [-0.3, -0.25) is 4.79 Å². The Morgan fingerprint density at radius 1 is 1.33 bits per heavy atom. The third-order valence-electron chi connectivity index (χ3n) is 2.96. The highest BCUT2D eigenvalue weighted by Gasteiger charge is 2.22. The van der Waals surface area contributed by atoms with E-state index in [1.807, 2.05) is 36.4 Å². The van der Waals surface area contributed by atoms with Crippen LogP contribution in [0.15, 0.2) is 43.0 Å². The lowest BCUT2D eigenvalue weighted by atomic mass is 10.1. The van der Waals surface area contributed by atoms with Crippen molar-refractivity contribution in [1.82, 2.24) is 5.32 Å². The van der Waals surface area contributed by atoms with Gasteiger partial charge < -0.3 is 9.74 Å². The number of amides is 1. The zero-order valence-corrected chi connectivity index (χ0v) is 14.4. The highest BCUT2D eigenvalue weighted by Crippen LogP contribution is 2.15. The average molecular weight is 305 g/mol. The SMILES string of the molecule is C=CCCC(CC(=O)NCc1ccccc1)O[Si](C)(C)C. The molecular formula is C17H27NO2Si. The topological polar surface area (TPSA) is 38.3 Å². The lowest BCUT2D eigenvalue weighted by Gasteiger charge is -2.26. The van der Waals surface area contributed by atoms with Crippen LogP contribution >= 0.6 is 0 Å². The molecule has 1 N–H and O–H groups in total. The molecule has 1 amide bonds. The van der Waals surface area contributed by atoms with Crippen molar-refractivity contribution in [3.63, 3.8) is 0 Å². The Balaban J connectivity index is 2.45. The van der Waals surface area contributed by atoms with E-state index < -0.39 is 8.32 Å². The van der Waals surface area contributed by atoms with Crippen molar-refractivity contribution in [2.45, 2.75) is 51.6 Å². The summed E-state index contributed by atoms with van der Waals surface area (Å²) < 4.78 is 6.09. The highest BCUT2D eigenvalue weighted by atomic mass is 28.4. The first-order chi connectivity index (χ1) is 9.90. The van der Waals surface area contributed by atoms with Gasteiger partial charge in [0.05, 0.1) is 12.5 Å². The van der Waals surface area contributed by atoms with Gasteiger partial charge in [-0.2, -0.15) is 0 Å². The van der Waals surface area contributed by atoms with Crippen molar-refractivity contribution in [3.05, 3.63) is 48.6 Å². The van der Waals surface area contributed by atoms with Crippen LogP contribution in [0.4, 0.5) is 0 Å². The van der Waals surface area contributed by atoms with Gasteiger partial charge in [-0.05, 0) is 38.0 Å². The third-order valence-corrected chi connectivity index (χ3v) is 4.00. The number of nitrogens with one attached hydrogen (secondary N) is 1. The Hall–Kier alpha value is -1.39. The van der Waals surface area contributed by atoms with Crippen LogP contribution in [-0.4, -0.2) is 20.3 Å². The maximum Gasteiger partial charge on any atom is 0.222 e. The quantitative estimate of drug-likeness (QED) is 0.555. The molecule has 1 rings (SSSR count). The summed E-state index contributed by atoms with van der Waals surface area (Å²) in [7, 11) is -1.64. The summed E-state index contributed by atoms with van der Waals surface area (Å²) >= 11 is 0. The maximum atomic E-state index is 12.1. The molecule has 0 aliphatic heterocycles. The number of allylic oxidation sites excluding steroid dienone is 1. The number of carbonyl (C=O) groups is 1. The van der Waals surface area contributed by atoms with Crippen LogP contribution in [0.3, 0.4) is 0 Å². The molecule has 0 bridgehead atoms. The lowest BCUT2D eigenvalue weighted by molar-refractivity contribution is -0.123. The van der Waals surface area contributed by atoms with Gasteiger partial charge in [0.2, 0.25) is 5.91 Å². The highest BCUT2D eigenvalue weighted by molar-refractivity contribution is 6.69. The molecule has 21 heavy (non-hydrogen) atoms. The minimum Gasteiger partial charge on any atom is -0.414 e. The van der Waals surface area contributed by atoms with E-state index >= 15 is 0 Å². The predicted octanol–water partition coefficient (Wildman–Crippen LogP) is 3.88. The van der Waals surface area contributed by atoms with E-state index in [9.17, 15) is 4.79 Å². The molecule has 0 heterocycles. The summed E-state index contributed by atoms with van der Waals surface area (Å²) in [6, 6.07) is 9.94. The Morgan fingerprint density at radius 3 is 2.57 bits per heavy atom. The largest absolute Gasteiger partial charge is 0.414 e. The van der Waals surface area contributed by atoms with E-state index in [4.69, 9.17) is 4.43 Å². The summed E-state index contributed by atoms with van der Waals surface area (Å²) in [4.78, 5) is 12.1. The molecule has 0 saturated carbocycles. The Labute approximate surface area is 129 Å². The third kappa shape index (κ3) is 8.47. The van der Waals surface area contributed by atoms with Crippen LogP contribution in [0.1, 0.15) is 24.8 Å². The number of benzene rings is 1. The van der Waals surface area contributed by atoms with E-state index in [0.29, 0.717) is 13.0 Å². The van der Waals surface area contributed by atoms with Gasteiger partial charge in [0, 0.05) is 6.54 Å². The molecule has 1 aromatic rings. The van der Waals surface area contributed by atoms with E-state index in [-0.39, 0.29) is 12.0 Å². The van der Waals surface area contributed by atoms with Gasteiger partial charge in [-0.1, -0.05) is 36.4 Å². The number of rotatable bonds is 9. The van der Waals surface area contributed by atoms with Crippen molar-refractivity contribution in [2.75, 3.05) is 0 Å². The van der Waals surface area contributed by atoms with E-state index in [1.54, 1.807) is 0 Å². The molecule has 116 valence electrons. The standard InChI is InChI=1S/C17H27NO2Si/c1-5-6-12-16(20-21(2,3)4)13-17(19)18-14-15-10-8-7-9-11-15/h5,7-11,16H,1,6,12-14H2,2-4H3,(H,18,19). The molecule has 0 aliphatic rings. The van der Waals surface area contributed by atoms with Gasteiger partial charge in [0.25, 0.3) is 0 Å². The lowest BCUT2D eigenvalue weighted by Crippen LogP contribution is -2.35. The minimum absolute atomic E-state index is 0.00885. The summed E-state index contributed by atoms with van der Waals surface area (Å²) in [6.45, 7) is 10.8. The van der Waals surface area contributed by atoms with Crippen LogP contribution in [0.2, 0.25) is 19.6 Å². The van der Waals surface area contributed by atoms with Crippen molar-refractivity contribution >= 4 is 14.2 Å². The van der Waals surface area contributed by atoms with Crippen molar-refractivity contribution < 1.29 is 9.22 Å². The second-order valence-electron chi connectivity index (χ2n) is 6.18. The second kappa shape index (κ2) is 8.80. The van der Waals surface area contributed by atoms with E-state index in [2.05, 4.69) is 31.5 Å². The van der Waals surface area contributed by atoms with Gasteiger partial charge in [0.1, 0.15) is 0 Å². The number of carbonyl (C=O) groups excluding carboxylic acids is 1. The molecule has 1 atom stereocenters. The molecule has 0 spiro atoms. The maximum absolute atomic E-state index is 12.1. The number of hydrogen-bond acceptors (Lipinski definition) is 2. The van der Waals surface area contributed by atoms with Crippen molar-refractivity contribution in [2.24, 2.45) is 0 Å². The molecule has 0 aromatic heterocycles. The molecular weight excluding hydrogens is 278 g/mol.